The molecular formula is C15H30N2O. The zero-order valence-corrected chi connectivity index (χ0v) is 12.4. The van der Waals surface area contributed by atoms with Crippen LogP contribution in [0, 0.1) is 0 Å². The molecule has 0 bridgehead atoms. The van der Waals surface area contributed by atoms with Gasteiger partial charge < -0.3 is 15.0 Å². The smallest absolute Gasteiger partial charge is 0.0697 e. The second kappa shape index (κ2) is 6.36. The zero-order valence-electron chi connectivity index (χ0n) is 12.4. The minimum absolute atomic E-state index is 0.232. The maximum atomic E-state index is 6.14. The molecule has 3 heteroatoms. The second-order valence-corrected chi connectivity index (χ2v) is 6.50. The first-order valence-corrected chi connectivity index (χ1v) is 7.65. The van der Waals surface area contributed by atoms with Crippen LogP contribution in [-0.2, 0) is 4.74 Å². The van der Waals surface area contributed by atoms with E-state index in [4.69, 9.17) is 4.74 Å². The van der Waals surface area contributed by atoms with E-state index in [1.165, 1.54) is 44.9 Å². The number of ether oxygens (including phenoxy) is 1. The van der Waals surface area contributed by atoms with Gasteiger partial charge in [0.25, 0.3) is 0 Å². The summed E-state index contributed by atoms with van der Waals surface area (Å²) in [5.41, 5.74) is 0.232. The molecule has 2 atom stereocenters. The summed E-state index contributed by atoms with van der Waals surface area (Å²) in [4.78, 5) is 2.28. The quantitative estimate of drug-likeness (QED) is 0.834. The van der Waals surface area contributed by atoms with Crippen molar-refractivity contribution in [3.8, 4) is 0 Å². The molecule has 1 aliphatic heterocycles. The van der Waals surface area contributed by atoms with Crippen LogP contribution >= 0.6 is 0 Å². The van der Waals surface area contributed by atoms with Crippen LogP contribution in [0.15, 0.2) is 0 Å². The van der Waals surface area contributed by atoms with Crippen LogP contribution in [0.3, 0.4) is 0 Å². The predicted molar refractivity (Wildman–Crippen MR) is 75.9 cm³/mol. The van der Waals surface area contributed by atoms with Crippen molar-refractivity contribution in [2.45, 2.75) is 69.6 Å². The molecule has 18 heavy (non-hydrogen) atoms. The lowest BCUT2D eigenvalue weighted by atomic mass is 9.78. The Balaban J connectivity index is 1.79. The standard InChI is InChI=1S/C15H30N2O/c1-13(17(2)3)12-16-14-7-10-18-15(11-14)8-5-4-6-9-15/h13-14,16H,4-12H2,1-3H3. The molecule has 2 fully saturated rings. The lowest BCUT2D eigenvalue weighted by molar-refractivity contribution is -0.109. The van der Waals surface area contributed by atoms with Crippen molar-refractivity contribution in [3.63, 3.8) is 0 Å². The maximum Gasteiger partial charge on any atom is 0.0697 e. The number of nitrogens with one attached hydrogen (secondary N) is 1. The van der Waals surface area contributed by atoms with Gasteiger partial charge in [-0.05, 0) is 46.7 Å². The number of hydrogen-bond donors (Lipinski definition) is 1. The molecule has 1 aliphatic carbocycles. The van der Waals surface area contributed by atoms with Gasteiger partial charge in [-0.2, -0.15) is 0 Å². The third-order valence-electron chi connectivity index (χ3n) is 4.84. The fourth-order valence-electron chi connectivity index (χ4n) is 3.27. The largest absolute Gasteiger partial charge is 0.375 e. The van der Waals surface area contributed by atoms with Gasteiger partial charge in [0.2, 0.25) is 0 Å². The fraction of sp³-hybridized carbons (Fsp3) is 1.00. The highest BCUT2D eigenvalue weighted by Gasteiger charge is 2.38. The third kappa shape index (κ3) is 3.69. The van der Waals surface area contributed by atoms with Gasteiger partial charge in [0.05, 0.1) is 5.60 Å². The first kappa shape index (κ1) is 14.3. The van der Waals surface area contributed by atoms with Crippen LogP contribution in [0.2, 0.25) is 0 Å². The first-order valence-electron chi connectivity index (χ1n) is 7.65. The van der Waals surface area contributed by atoms with Gasteiger partial charge >= 0.3 is 0 Å². The molecule has 1 heterocycles. The Bertz CT molecular complexity index is 243. The molecule has 3 nitrogen and oxygen atoms in total. The summed E-state index contributed by atoms with van der Waals surface area (Å²) in [5, 5.41) is 3.75. The lowest BCUT2D eigenvalue weighted by Crippen LogP contribution is -2.50. The number of nitrogens with zero attached hydrogens (tertiary/aromatic N) is 1. The molecule has 0 aromatic rings. The third-order valence-corrected chi connectivity index (χ3v) is 4.84. The highest BCUT2D eigenvalue weighted by Crippen LogP contribution is 2.38. The molecule has 1 saturated heterocycles. The molecule has 2 unspecified atom stereocenters. The van der Waals surface area contributed by atoms with E-state index in [0.717, 1.165) is 13.2 Å². The summed E-state index contributed by atoms with van der Waals surface area (Å²) < 4.78 is 6.14. The van der Waals surface area contributed by atoms with Gasteiger partial charge in [-0.25, -0.2) is 0 Å². The zero-order chi connectivity index (χ0) is 13.0. The molecule has 0 amide bonds. The number of rotatable bonds is 4. The molecule has 1 N–H and O–H groups in total. The highest BCUT2D eigenvalue weighted by atomic mass is 16.5. The van der Waals surface area contributed by atoms with E-state index >= 15 is 0 Å². The van der Waals surface area contributed by atoms with Crippen LogP contribution in [0.25, 0.3) is 0 Å². The van der Waals surface area contributed by atoms with E-state index in [1.807, 2.05) is 0 Å². The highest BCUT2D eigenvalue weighted by molar-refractivity contribution is 4.92. The van der Waals surface area contributed by atoms with Crippen molar-refractivity contribution < 1.29 is 4.74 Å². The Labute approximate surface area is 112 Å². The van der Waals surface area contributed by atoms with Crippen LogP contribution in [0.5, 0.6) is 0 Å². The molecule has 0 radical (unpaired) electrons. The topological polar surface area (TPSA) is 24.5 Å². The van der Waals surface area contributed by atoms with E-state index in [9.17, 15) is 0 Å². The number of likely N-dealkylation sites (N-methyl/N-ethyl adjacent to an activating group) is 1. The van der Waals surface area contributed by atoms with Crippen molar-refractivity contribution in [2.75, 3.05) is 27.2 Å². The normalized spacial score (nSPS) is 29.7. The van der Waals surface area contributed by atoms with E-state index in [-0.39, 0.29) is 5.60 Å². The predicted octanol–water partition coefficient (Wildman–Crippen LogP) is 2.41. The van der Waals surface area contributed by atoms with Crippen molar-refractivity contribution in [1.29, 1.82) is 0 Å². The molecule has 2 rings (SSSR count). The van der Waals surface area contributed by atoms with E-state index in [2.05, 4.69) is 31.2 Å². The monoisotopic (exact) mass is 254 g/mol. The maximum absolute atomic E-state index is 6.14. The Hall–Kier alpha value is -0.120. The molecular weight excluding hydrogens is 224 g/mol. The van der Waals surface area contributed by atoms with Gasteiger partial charge in [0.1, 0.15) is 0 Å². The summed E-state index contributed by atoms with van der Waals surface area (Å²) in [7, 11) is 4.30. The summed E-state index contributed by atoms with van der Waals surface area (Å²) >= 11 is 0. The average molecular weight is 254 g/mol. The molecule has 106 valence electrons. The van der Waals surface area contributed by atoms with Gasteiger partial charge in [-0.1, -0.05) is 19.3 Å². The van der Waals surface area contributed by atoms with E-state index in [0.29, 0.717) is 12.1 Å². The lowest BCUT2D eigenvalue weighted by Gasteiger charge is -2.44. The van der Waals surface area contributed by atoms with Crippen molar-refractivity contribution in [2.24, 2.45) is 0 Å². The molecule has 2 aliphatic rings. The van der Waals surface area contributed by atoms with E-state index in [1.54, 1.807) is 0 Å². The fourth-order valence-corrected chi connectivity index (χ4v) is 3.27. The van der Waals surface area contributed by atoms with Crippen LogP contribution in [-0.4, -0.2) is 49.8 Å². The Morgan fingerprint density at radius 1 is 1.28 bits per heavy atom. The Kier molecular flexibility index (Phi) is 5.05. The molecule has 0 aromatic heterocycles. The van der Waals surface area contributed by atoms with Gasteiger partial charge in [0.15, 0.2) is 0 Å². The SMILES string of the molecule is CC(CNC1CCOC2(CCCCC2)C1)N(C)C. The second-order valence-electron chi connectivity index (χ2n) is 6.50. The molecule has 1 spiro atoms. The Morgan fingerprint density at radius 2 is 2.00 bits per heavy atom. The Morgan fingerprint density at radius 3 is 2.67 bits per heavy atom. The summed E-state index contributed by atoms with van der Waals surface area (Å²) in [6.45, 7) is 4.32. The van der Waals surface area contributed by atoms with Crippen molar-refractivity contribution in [1.82, 2.24) is 10.2 Å². The number of hydrogen-bond acceptors (Lipinski definition) is 3. The minimum atomic E-state index is 0.232. The first-order chi connectivity index (χ1) is 8.61. The van der Waals surface area contributed by atoms with Crippen LogP contribution < -0.4 is 5.32 Å². The average Bonchev–Trinajstić information content (AvgIpc) is 2.37. The summed E-state index contributed by atoms with van der Waals surface area (Å²) in [6, 6.07) is 1.27. The van der Waals surface area contributed by atoms with Gasteiger partial charge in [-0.3, -0.25) is 0 Å². The van der Waals surface area contributed by atoms with Crippen LogP contribution in [0.1, 0.15) is 51.9 Å². The molecule has 1 saturated carbocycles. The van der Waals surface area contributed by atoms with E-state index < -0.39 is 0 Å². The summed E-state index contributed by atoms with van der Waals surface area (Å²) in [5.74, 6) is 0. The summed E-state index contributed by atoms with van der Waals surface area (Å²) in [6.07, 6.45) is 9.11. The minimum Gasteiger partial charge on any atom is -0.375 e. The van der Waals surface area contributed by atoms with Gasteiger partial charge in [-0.15, -0.1) is 0 Å². The van der Waals surface area contributed by atoms with Crippen LogP contribution in [0.4, 0.5) is 0 Å². The van der Waals surface area contributed by atoms with Gasteiger partial charge in [0, 0.05) is 25.2 Å². The van der Waals surface area contributed by atoms with Crippen molar-refractivity contribution in [3.05, 3.63) is 0 Å². The molecule has 0 aromatic carbocycles. The van der Waals surface area contributed by atoms with Crippen molar-refractivity contribution >= 4 is 0 Å².